The fourth-order valence-corrected chi connectivity index (χ4v) is 3.99. The summed E-state index contributed by atoms with van der Waals surface area (Å²) in [5.74, 6) is 0. The van der Waals surface area contributed by atoms with E-state index in [0.717, 1.165) is 13.1 Å². The third-order valence-corrected chi connectivity index (χ3v) is 6.09. The van der Waals surface area contributed by atoms with Gasteiger partial charge in [0, 0.05) is 0 Å². The molecule has 0 saturated heterocycles. The van der Waals surface area contributed by atoms with Gasteiger partial charge >= 0.3 is 0 Å². The van der Waals surface area contributed by atoms with Gasteiger partial charge in [-0.2, -0.15) is 0 Å². The van der Waals surface area contributed by atoms with Crippen molar-refractivity contribution in [2.24, 2.45) is 0 Å². The van der Waals surface area contributed by atoms with E-state index in [0.29, 0.717) is 0 Å². The zero-order chi connectivity index (χ0) is 11.7. The van der Waals surface area contributed by atoms with Crippen molar-refractivity contribution in [3.05, 3.63) is 11.8 Å². The minimum Gasteiger partial charge on any atom is -0.314 e. The van der Waals surface area contributed by atoms with Gasteiger partial charge < -0.3 is 9.13 Å². The summed E-state index contributed by atoms with van der Waals surface area (Å²) in [6.07, 6.45) is 6.25. The Morgan fingerprint density at radius 3 is 1.93 bits per heavy atom. The lowest BCUT2D eigenvalue weighted by Crippen LogP contribution is -2.48. The van der Waals surface area contributed by atoms with E-state index in [1.807, 2.05) is 0 Å². The predicted octanol–water partition coefficient (Wildman–Crippen LogP) is 2.40. The second-order valence-electron chi connectivity index (χ2n) is 4.13. The highest BCUT2D eigenvalue weighted by Gasteiger charge is 2.16. The van der Waals surface area contributed by atoms with Gasteiger partial charge in [0.05, 0.1) is 0 Å². The Balaban J connectivity index is 4.17. The van der Waals surface area contributed by atoms with Crippen LogP contribution in [0.4, 0.5) is 0 Å². The lowest BCUT2D eigenvalue weighted by atomic mass is 10.2. The van der Waals surface area contributed by atoms with Gasteiger partial charge in [0.2, 0.25) is 9.12 Å². The average molecular weight is 228 g/mol. The topological polar surface area (TPSA) is 6.48 Å². The molecule has 0 heterocycles. The molecule has 0 unspecified atom stereocenters. The molecular formula is C12H28N2Si. The lowest BCUT2D eigenvalue weighted by molar-refractivity contribution is 0.451. The molecule has 0 aromatic carbocycles. The molecule has 0 amide bonds. The summed E-state index contributed by atoms with van der Waals surface area (Å²) in [5, 5.41) is 0. The van der Waals surface area contributed by atoms with Crippen molar-refractivity contribution in [1.29, 1.82) is 0 Å². The number of unbranched alkanes of at least 4 members (excludes halogenated alkanes) is 2. The number of nitrogens with zero attached hydrogens (tertiary/aromatic N) is 2. The Morgan fingerprint density at radius 2 is 1.53 bits per heavy atom. The van der Waals surface area contributed by atoms with Crippen LogP contribution in [0.3, 0.4) is 0 Å². The van der Waals surface area contributed by atoms with Gasteiger partial charge in [-0.3, -0.25) is 0 Å². The van der Waals surface area contributed by atoms with Gasteiger partial charge in [-0.25, -0.2) is 0 Å². The van der Waals surface area contributed by atoms with Crippen LogP contribution in [0, 0.1) is 0 Å². The Hall–Kier alpha value is -0.123. The van der Waals surface area contributed by atoms with Gasteiger partial charge in [-0.1, -0.05) is 45.4 Å². The van der Waals surface area contributed by atoms with E-state index in [1.165, 1.54) is 19.3 Å². The summed E-state index contributed by atoms with van der Waals surface area (Å²) in [7, 11) is 3.51. The molecule has 0 radical (unpaired) electrons. The van der Waals surface area contributed by atoms with Gasteiger partial charge in [0.25, 0.3) is 0 Å². The molecule has 0 atom stereocenters. The molecule has 0 saturated carbocycles. The maximum absolute atomic E-state index is 2.51. The monoisotopic (exact) mass is 228 g/mol. The number of allylic oxidation sites excluding steroid dienone is 1. The van der Waals surface area contributed by atoms with Crippen molar-refractivity contribution in [2.45, 2.75) is 40.0 Å². The molecule has 15 heavy (non-hydrogen) atoms. The Labute approximate surface area is 97.7 Å². The minimum absolute atomic E-state index is 0.979. The molecule has 0 N–H and O–H groups in total. The summed E-state index contributed by atoms with van der Waals surface area (Å²) in [6.45, 7) is 9.03. The highest BCUT2D eigenvalue weighted by molar-refractivity contribution is 6.58. The summed E-state index contributed by atoms with van der Waals surface area (Å²) >= 11 is 0. The van der Waals surface area contributed by atoms with Crippen LogP contribution in [0.5, 0.6) is 0 Å². The first kappa shape index (κ1) is 14.9. The standard InChI is InChI=1S/C12H28N2Si/c1-6-9-10-11-12-15(13(4)7-2)14(5)8-3/h11-12,15H,6-10H2,1-5H3. The zero-order valence-corrected chi connectivity index (χ0v) is 12.3. The maximum atomic E-state index is 2.51. The van der Waals surface area contributed by atoms with Crippen LogP contribution in [-0.4, -0.2) is 45.4 Å². The summed E-state index contributed by atoms with van der Waals surface area (Å²) < 4.78 is 5.01. The van der Waals surface area contributed by atoms with E-state index in [2.05, 4.69) is 55.8 Å². The SMILES string of the molecule is CCCCC=C[SiH](N(C)CC)N(C)CC. The highest BCUT2D eigenvalue weighted by atomic mass is 28.3. The van der Waals surface area contributed by atoms with Crippen molar-refractivity contribution >= 4 is 9.12 Å². The summed E-state index contributed by atoms with van der Waals surface area (Å²) in [4.78, 5) is 0. The second kappa shape index (κ2) is 9.13. The smallest absolute Gasteiger partial charge is 0.214 e. The molecule has 0 aromatic heterocycles. The van der Waals surface area contributed by atoms with Crippen molar-refractivity contribution in [3.8, 4) is 0 Å². The number of rotatable bonds is 8. The first-order valence-electron chi connectivity index (χ1n) is 6.24. The third-order valence-electron chi connectivity index (χ3n) is 2.93. The van der Waals surface area contributed by atoms with Crippen LogP contribution < -0.4 is 0 Å². The van der Waals surface area contributed by atoms with Crippen molar-refractivity contribution in [1.82, 2.24) is 9.13 Å². The minimum atomic E-state index is -0.979. The van der Waals surface area contributed by atoms with Crippen LogP contribution >= 0.6 is 0 Å². The molecule has 0 aliphatic heterocycles. The molecule has 0 aromatic rings. The van der Waals surface area contributed by atoms with Crippen LogP contribution in [0.1, 0.15) is 40.0 Å². The largest absolute Gasteiger partial charge is 0.314 e. The lowest BCUT2D eigenvalue weighted by Gasteiger charge is -2.30. The van der Waals surface area contributed by atoms with E-state index in [-0.39, 0.29) is 0 Å². The van der Waals surface area contributed by atoms with Crippen LogP contribution in [-0.2, 0) is 0 Å². The fraction of sp³-hybridized carbons (Fsp3) is 0.833. The summed E-state index contributed by atoms with van der Waals surface area (Å²) in [6, 6.07) is 0. The first-order valence-corrected chi connectivity index (χ1v) is 7.94. The molecule has 3 heteroatoms. The Kier molecular flexibility index (Phi) is 9.05. The van der Waals surface area contributed by atoms with Gasteiger partial charge in [0.1, 0.15) is 0 Å². The maximum Gasteiger partial charge on any atom is 0.214 e. The van der Waals surface area contributed by atoms with Gasteiger partial charge in [0.15, 0.2) is 0 Å². The van der Waals surface area contributed by atoms with Crippen LogP contribution in [0.15, 0.2) is 11.8 Å². The van der Waals surface area contributed by atoms with Crippen LogP contribution in [0.2, 0.25) is 0 Å². The first-order chi connectivity index (χ1) is 7.17. The number of hydrogen-bond donors (Lipinski definition) is 0. The van der Waals surface area contributed by atoms with Crippen LogP contribution in [0.25, 0.3) is 0 Å². The summed E-state index contributed by atoms with van der Waals surface area (Å²) in [5.41, 5.74) is 2.47. The number of hydrogen-bond acceptors (Lipinski definition) is 2. The fourth-order valence-electron chi connectivity index (χ4n) is 1.54. The second-order valence-corrected chi connectivity index (χ2v) is 7.11. The van der Waals surface area contributed by atoms with Crippen molar-refractivity contribution in [3.63, 3.8) is 0 Å². The molecule has 0 fully saturated rings. The third kappa shape index (κ3) is 6.13. The molecule has 2 nitrogen and oxygen atoms in total. The zero-order valence-electron chi connectivity index (χ0n) is 11.2. The molecule has 0 aliphatic carbocycles. The normalized spacial score (nSPS) is 12.5. The molecule has 0 rings (SSSR count). The quantitative estimate of drug-likeness (QED) is 0.465. The molecular weight excluding hydrogens is 200 g/mol. The van der Waals surface area contributed by atoms with E-state index >= 15 is 0 Å². The molecule has 0 aliphatic rings. The highest BCUT2D eigenvalue weighted by Crippen LogP contribution is 2.01. The average Bonchev–Trinajstić information content (AvgIpc) is 2.27. The molecule has 0 spiro atoms. The molecule has 90 valence electrons. The van der Waals surface area contributed by atoms with E-state index in [1.54, 1.807) is 0 Å². The predicted molar refractivity (Wildman–Crippen MR) is 72.4 cm³/mol. The van der Waals surface area contributed by atoms with E-state index in [9.17, 15) is 0 Å². The van der Waals surface area contributed by atoms with E-state index < -0.39 is 9.12 Å². The Morgan fingerprint density at radius 1 is 1.00 bits per heavy atom. The van der Waals surface area contributed by atoms with Gasteiger partial charge in [-0.15, -0.1) is 0 Å². The van der Waals surface area contributed by atoms with Crippen molar-refractivity contribution < 1.29 is 0 Å². The van der Waals surface area contributed by atoms with E-state index in [4.69, 9.17) is 0 Å². The van der Waals surface area contributed by atoms with Crippen molar-refractivity contribution in [2.75, 3.05) is 27.2 Å². The van der Waals surface area contributed by atoms with Gasteiger partial charge in [-0.05, 0) is 33.6 Å². The Bertz CT molecular complexity index is 161. The molecule has 0 bridgehead atoms.